The lowest BCUT2D eigenvalue weighted by atomic mass is 10.1. The first-order valence-electron chi connectivity index (χ1n) is 9.22. The van der Waals surface area contributed by atoms with Crippen LogP contribution in [0.15, 0.2) is 73.1 Å². The Morgan fingerprint density at radius 1 is 1.00 bits per heavy atom. The molecular formula is C22H20ClN3O2. The molecule has 0 spiro atoms. The molecule has 1 N–H and O–H groups in total. The fraction of sp³-hybridized carbons (Fsp3) is 0.182. The van der Waals surface area contributed by atoms with Crippen LogP contribution in [-0.2, 0) is 4.79 Å². The molecule has 1 fully saturated rings. The first-order chi connectivity index (χ1) is 13.6. The number of benzene rings is 2. The molecule has 0 saturated carbocycles. The Hall–Kier alpha value is -3.05. The second-order valence-corrected chi connectivity index (χ2v) is 7.23. The number of hydrogen-bond donors (Lipinski definition) is 1. The van der Waals surface area contributed by atoms with Crippen LogP contribution >= 0.6 is 11.6 Å². The van der Waals surface area contributed by atoms with Gasteiger partial charge in [-0.3, -0.25) is 9.59 Å². The highest BCUT2D eigenvalue weighted by Crippen LogP contribution is 2.23. The van der Waals surface area contributed by atoms with Gasteiger partial charge in [0.1, 0.15) is 6.04 Å². The van der Waals surface area contributed by atoms with E-state index in [1.807, 2.05) is 47.3 Å². The molecule has 2 amide bonds. The molecule has 2 aromatic carbocycles. The van der Waals surface area contributed by atoms with Crippen molar-refractivity contribution in [3.8, 4) is 5.69 Å². The summed E-state index contributed by atoms with van der Waals surface area (Å²) in [6.07, 6.45) is 5.33. The number of amides is 2. The maximum absolute atomic E-state index is 13.1. The van der Waals surface area contributed by atoms with Crippen molar-refractivity contribution < 1.29 is 9.59 Å². The highest BCUT2D eigenvalue weighted by molar-refractivity contribution is 6.30. The average molecular weight is 394 g/mol. The summed E-state index contributed by atoms with van der Waals surface area (Å²) < 4.78 is 1.95. The van der Waals surface area contributed by atoms with Gasteiger partial charge < -0.3 is 14.8 Å². The number of rotatable bonds is 4. The van der Waals surface area contributed by atoms with Crippen LogP contribution in [0.25, 0.3) is 5.69 Å². The van der Waals surface area contributed by atoms with E-state index >= 15 is 0 Å². The van der Waals surface area contributed by atoms with Gasteiger partial charge in [-0.25, -0.2) is 0 Å². The summed E-state index contributed by atoms with van der Waals surface area (Å²) >= 11 is 5.89. The molecule has 3 aromatic rings. The number of nitrogens with zero attached hydrogens (tertiary/aromatic N) is 2. The van der Waals surface area contributed by atoms with Gasteiger partial charge in [-0.15, -0.1) is 0 Å². The highest BCUT2D eigenvalue weighted by atomic mass is 35.5. The molecule has 5 nitrogen and oxygen atoms in total. The van der Waals surface area contributed by atoms with Crippen molar-refractivity contribution in [3.05, 3.63) is 83.6 Å². The number of aromatic nitrogens is 1. The second kappa shape index (κ2) is 7.90. The van der Waals surface area contributed by atoms with Crippen molar-refractivity contribution in [2.24, 2.45) is 0 Å². The Labute approximate surface area is 168 Å². The maximum atomic E-state index is 13.1. The Bertz CT molecular complexity index is 983. The van der Waals surface area contributed by atoms with Crippen LogP contribution in [-0.4, -0.2) is 33.9 Å². The van der Waals surface area contributed by atoms with Gasteiger partial charge in [-0.1, -0.05) is 17.7 Å². The highest BCUT2D eigenvalue weighted by Gasteiger charge is 2.34. The summed E-state index contributed by atoms with van der Waals surface area (Å²) in [4.78, 5) is 27.5. The van der Waals surface area contributed by atoms with Gasteiger partial charge in [0, 0.05) is 40.9 Å². The molecule has 1 saturated heterocycles. The summed E-state index contributed by atoms with van der Waals surface area (Å²) in [5, 5.41) is 3.50. The molecule has 4 rings (SSSR count). The van der Waals surface area contributed by atoms with Crippen molar-refractivity contribution >= 4 is 29.1 Å². The third kappa shape index (κ3) is 3.80. The molecule has 28 heavy (non-hydrogen) atoms. The minimum atomic E-state index is -0.474. The topological polar surface area (TPSA) is 54.3 Å². The van der Waals surface area contributed by atoms with Crippen molar-refractivity contribution in [2.75, 3.05) is 11.9 Å². The smallest absolute Gasteiger partial charge is 0.254 e. The predicted octanol–water partition coefficient (Wildman–Crippen LogP) is 4.37. The molecule has 1 aliphatic heterocycles. The SMILES string of the molecule is O=C(Nc1ccc(Cl)cc1)[C@@H]1CCCN1C(=O)c1cccc(-n2cccc2)c1. The van der Waals surface area contributed by atoms with Gasteiger partial charge in [0.05, 0.1) is 0 Å². The molecule has 6 heteroatoms. The number of carbonyl (C=O) groups excluding carboxylic acids is 2. The van der Waals surface area contributed by atoms with Gasteiger partial charge >= 0.3 is 0 Å². The van der Waals surface area contributed by atoms with E-state index in [-0.39, 0.29) is 11.8 Å². The van der Waals surface area contributed by atoms with E-state index < -0.39 is 6.04 Å². The molecule has 142 valence electrons. The van der Waals surface area contributed by atoms with E-state index in [9.17, 15) is 9.59 Å². The first-order valence-corrected chi connectivity index (χ1v) is 9.60. The van der Waals surface area contributed by atoms with Crippen molar-refractivity contribution in [2.45, 2.75) is 18.9 Å². The predicted molar refractivity (Wildman–Crippen MR) is 110 cm³/mol. The van der Waals surface area contributed by atoms with Gasteiger partial charge in [0.15, 0.2) is 0 Å². The van der Waals surface area contributed by atoms with E-state index in [4.69, 9.17) is 11.6 Å². The number of likely N-dealkylation sites (tertiary alicyclic amines) is 1. The fourth-order valence-corrected chi connectivity index (χ4v) is 3.64. The second-order valence-electron chi connectivity index (χ2n) is 6.79. The Kier molecular flexibility index (Phi) is 5.17. The molecule has 2 heterocycles. The van der Waals surface area contributed by atoms with Crippen LogP contribution in [0, 0.1) is 0 Å². The molecular weight excluding hydrogens is 374 g/mol. The molecule has 0 unspecified atom stereocenters. The number of halogens is 1. The van der Waals surface area contributed by atoms with Gasteiger partial charge in [0.25, 0.3) is 5.91 Å². The summed E-state index contributed by atoms with van der Waals surface area (Å²) in [5.41, 5.74) is 2.16. The number of hydrogen-bond acceptors (Lipinski definition) is 2. The summed E-state index contributed by atoms with van der Waals surface area (Å²) in [7, 11) is 0. The van der Waals surface area contributed by atoms with E-state index in [1.54, 1.807) is 35.2 Å². The number of anilines is 1. The largest absolute Gasteiger partial charge is 0.327 e. The lowest BCUT2D eigenvalue weighted by Crippen LogP contribution is -2.43. The van der Waals surface area contributed by atoms with E-state index in [0.29, 0.717) is 29.2 Å². The van der Waals surface area contributed by atoms with Gasteiger partial charge in [0.2, 0.25) is 5.91 Å². The summed E-state index contributed by atoms with van der Waals surface area (Å²) in [6.45, 7) is 0.575. The molecule has 0 aliphatic carbocycles. The van der Waals surface area contributed by atoms with E-state index in [1.165, 1.54) is 0 Å². The van der Waals surface area contributed by atoms with Gasteiger partial charge in [-0.2, -0.15) is 0 Å². The monoisotopic (exact) mass is 393 g/mol. The van der Waals surface area contributed by atoms with Gasteiger partial charge in [-0.05, 0) is 67.4 Å². The fourth-order valence-electron chi connectivity index (χ4n) is 3.51. The summed E-state index contributed by atoms with van der Waals surface area (Å²) in [6, 6.07) is 17.8. The van der Waals surface area contributed by atoms with Crippen LogP contribution in [0.1, 0.15) is 23.2 Å². The molecule has 0 bridgehead atoms. The third-order valence-electron chi connectivity index (χ3n) is 4.92. The van der Waals surface area contributed by atoms with Crippen LogP contribution in [0.3, 0.4) is 0 Å². The zero-order valence-corrected chi connectivity index (χ0v) is 16.0. The zero-order valence-electron chi connectivity index (χ0n) is 15.2. The Morgan fingerprint density at radius 2 is 1.75 bits per heavy atom. The molecule has 1 aromatic heterocycles. The minimum absolute atomic E-state index is 0.122. The van der Waals surface area contributed by atoms with Crippen molar-refractivity contribution in [1.82, 2.24) is 9.47 Å². The van der Waals surface area contributed by atoms with Crippen LogP contribution in [0.5, 0.6) is 0 Å². The average Bonchev–Trinajstić information content (AvgIpc) is 3.41. The zero-order chi connectivity index (χ0) is 19.5. The van der Waals surface area contributed by atoms with Crippen LogP contribution < -0.4 is 5.32 Å². The van der Waals surface area contributed by atoms with E-state index in [2.05, 4.69) is 5.32 Å². The van der Waals surface area contributed by atoms with Crippen molar-refractivity contribution in [1.29, 1.82) is 0 Å². The molecule has 0 radical (unpaired) electrons. The third-order valence-corrected chi connectivity index (χ3v) is 5.18. The Morgan fingerprint density at radius 3 is 2.50 bits per heavy atom. The van der Waals surface area contributed by atoms with E-state index in [0.717, 1.165) is 12.1 Å². The quantitative estimate of drug-likeness (QED) is 0.715. The lowest BCUT2D eigenvalue weighted by molar-refractivity contribution is -0.119. The van der Waals surface area contributed by atoms with Crippen molar-refractivity contribution in [3.63, 3.8) is 0 Å². The summed E-state index contributed by atoms with van der Waals surface area (Å²) in [5.74, 6) is -0.294. The maximum Gasteiger partial charge on any atom is 0.254 e. The number of nitrogens with one attached hydrogen (secondary N) is 1. The lowest BCUT2D eigenvalue weighted by Gasteiger charge is -2.24. The van der Waals surface area contributed by atoms with Crippen LogP contribution in [0.2, 0.25) is 5.02 Å². The molecule has 1 aliphatic rings. The normalized spacial score (nSPS) is 16.2. The first kappa shape index (κ1) is 18.3. The number of carbonyl (C=O) groups is 2. The Balaban J connectivity index is 1.51. The van der Waals surface area contributed by atoms with Crippen LogP contribution in [0.4, 0.5) is 5.69 Å². The molecule has 1 atom stereocenters. The standard InChI is InChI=1S/C22H20ClN3O2/c23-17-8-10-18(11-9-17)24-21(27)20-7-4-14-26(20)22(28)16-5-3-6-19(15-16)25-12-1-2-13-25/h1-3,5-6,8-13,15,20H,4,7,14H2,(H,24,27)/t20-/m0/s1. The minimum Gasteiger partial charge on any atom is -0.327 e.